The van der Waals surface area contributed by atoms with E-state index < -0.39 is 0 Å². The Labute approximate surface area is 128 Å². The Balaban J connectivity index is 0.00000361. The fourth-order valence-electron chi connectivity index (χ4n) is 2.43. The lowest BCUT2D eigenvalue weighted by Gasteiger charge is -2.18. The molecule has 0 saturated carbocycles. The van der Waals surface area contributed by atoms with Crippen molar-refractivity contribution in [3.63, 3.8) is 0 Å². The van der Waals surface area contributed by atoms with Crippen molar-refractivity contribution in [2.45, 2.75) is 52.0 Å². The first-order valence-corrected chi connectivity index (χ1v) is 7.45. The van der Waals surface area contributed by atoms with E-state index in [0.29, 0.717) is 25.4 Å². The topological polar surface area (TPSA) is 61.4 Å². The number of nitrogens with zero attached hydrogens (tertiary/aromatic N) is 1. The summed E-state index contributed by atoms with van der Waals surface area (Å²) < 4.78 is 0. The molecule has 6 heteroatoms. The highest BCUT2D eigenvalue weighted by Crippen LogP contribution is 2.08. The van der Waals surface area contributed by atoms with Gasteiger partial charge in [0.05, 0.1) is 0 Å². The largest absolute Gasteiger partial charge is 0.356 e. The normalized spacial score (nSPS) is 17.4. The van der Waals surface area contributed by atoms with Crippen LogP contribution in [0, 0.1) is 0 Å². The van der Waals surface area contributed by atoms with E-state index in [2.05, 4.69) is 10.6 Å². The Morgan fingerprint density at radius 2 is 2.00 bits per heavy atom. The summed E-state index contributed by atoms with van der Waals surface area (Å²) in [6.45, 7) is 7.11. The number of rotatable bonds is 8. The van der Waals surface area contributed by atoms with Gasteiger partial charge in [0.25, 0.3) is 0 Å². The summed E-state index contributed by atoms with van der Waals surface area (Å²) in [5.41, 5.74) is 0. The van der Waals surface area contributed by atoms with E-state index in [4.69, 9.17) is 0 Å². The lowest BCUT2D eigenvalue weighted by molar-refractivity contribution is -0.131. The van der Waals surface area contributed by atoms with Crippen LogP contribution in [0.5, 0.6) is 0 Å². The number of carbonyl (C=O) groups excluding carboxylic acids is 2. The van der Waals surface area contributed by atoms with Gasteiger partial charge in [-0.15, -0.1) is 12.4 Å². The molecule has 1 fully saturated rings. The van der Waals surface area contributed by atoms with Gasteiger partial charge in [-0.2, -0.15) is 0 Å². The zero-order valence-corrected chi connectivity index (χ0v) is 13.4. The molecule has 20 heavy (non-hydrogen) atoms. The van der Waals surface area contributed by atoms with Gasteiger partial charge in [0.15, 0.2) is 0 Å². The molecule has 0 aromatic heterocycles. The van der Waals surface area contributed by atoms with Crippen LogP contribution in [-0.4, -0.2) is 48.9 Å². The van der Waals surface area contributed by atoms with Crippen molar-refractivity contribution < 1.29 is 9.59 Å². The predicted octanol–water partition coefficient (Wildman–Crippen LogP) is 1.32. The summed E-state index contributed by atoms with van der Waals surface area (Å²) in [7, 11) is 0. The Hall–Kier alpha value is -0.810. The fourth-order valence-corrected chi connectivity index (χ4v) is 2.43. The van der Waals surface area contributed by atoms with Crippen molar-refractivity contribution >= 4 is 24.2 Å². The molecule has 0 radical (unpaired) electrons. The Bertz CT molecular complexity index is 290. The van der Waals surface area contributed by atoms with E-state index in [1.54, 1.807) is 0 Å². The molecule has 0 spiro atoms. The first kappa shape index (κ1) is 19.2. The van der Waals surface area contributed by atoms with Crippen LogP contribution >= 0.6 is 12.4 Å². The summed E-state index contributed by atoms with van der Waals surface area (Å²) in [5.74, 6) is 0.270. The molecule has 2 amide bonds. The van der Waals surface area contributed by atoms with Gasteiger partial charge in [-0.05, 0) is 39.7 Å². The smallest absolute Gasteiger partial charge is 0.222 e. The first-order chi connectivity index (χ1) is 9.17. The van der Waals surface area contributed by atoms with Gasteiger partial charge in [0, 0.05) is 38.5 Å². The molecule has 0 bridgehead atoms. The van der Waals surface area contributed by atoms with Crippen LogP contribution in [0.2, 0.25) is 0 Å². The molecule has 118 valence electrons. The molecule has 0 aromatic rings. The lowest BCUT2D eigenvalue weighted by atomic mass is 10.1. The average molecular weight is 306 g/mol. The van der Waals surface area contributed by atoms with Gasteiger partial charge in [-0.3, -0.25) is 9.59 Å². The SMILES string of the molecule is CCN(CC)C(=O)CCCNC(=O)CC1CCCN1.Cl. The van der Waals surface area contributed by atoms with Crippen LogP contribution < -0.4 is 10.6 Å². The van der Waals surface area contributed by atoms with Crippen LogP contribution in [-0.2, 0) is 9.59 Å². The number of amides is 2. The van der Waals surface area contributed by atoms with Gasteiger partial charge in [0.2, 0.25) is 11.8 Å². The maximum Gasteiger partial charge on any atom is 0.222 e. The molecule has 0 aromatic carbocycles. The van der Waals surface area contributed by atoms with E-state index in [0.717, 1.165) is 38.9 Å². The Morgan fingerprint density at radius 1 is 1.30 bits per heavy atom. The average Bonchev–Trinajstić information content (AvgIpc) is 2.89. The minimum atomic E-state index is 0. The molecule has 1 atom stereocenters. The standard InChI is InChI=1S/C14H27N3O2.ClH/c1-3-17(4-2)14(19)8-6-10-16-13(18)11-12-7-5-9-15-12;/h12,15H,3-11H2,1-2H3,(H,16,18);1H. The highest BCUT2D eigenvalue weighted by molar-refractivity contribution is 5.85. The molecule has 1 aliphatic heterocycles. The van der Waals surface area contributed by atoms with Crippen molar-refractivity contribution in [1.82, 2.24) is 15.5 Å². The number of hydrogen-bond acceptors (Lipinski definition) is 3. The zero-order valence-electron chi connectivity index (χ0n) is 12.6. The summed E-state index contributed by atoms with van der Waals surface area (Å²) in [4.78, 5) is 25.2. The van der Waals surface area contributed by atoms with E-state index in [1.165, 1.54) is 0 Å². The van der Waals surface area contributed by atoms with Crippen LogP contribution in [0.25, 0.3) is 0 Å². The molecule has 1 heterocycles. The van der Waals surface area contributed by atoms with E-state index in [1.807, 2.05) is 18.7 Å². The molecule has 1 saturated heterocycles. The highest BCUT2D eigenvalue weighted by atomic mass is 35.5. The third kappa shape index (κ3) is 7.10. The summed E-state index contributed by atoms with van der Waals surface area (Å²) in [6.07, 6.45) is 4.05. The van der Waals surface area contributed by atoms with Crippen LogP contribution in [0.3, 0.4) is 0 Å². The minimum absolute atomic E-state index is 0. The molecule has 2 N–H and O–H groups in total. The molecule has 1 rings (SSSR count). The van der Waals surface area contributed by atoms with Crippen LogP contribution in [0.4, 0.5) is 0 Å². The minimum Gasteiger partial charge on any atom is -0.356 e. The second-order valence-electron chi connectivity index (χ2n) is 5.02. The monoisotopic (exact) mass is 305 g/mol. The quantitative estimate of drug-likeness (QED) is 0.665. The number of nitrogens with one attached hydrogen (secondary N) is 2. The van der Waals surface area contributed by atoms with E-state index in [-0.39, 0.29) is 24.2 Å². The van der Waals surface area contributed by atoms with E-state index >= 15 is 0 Å². The second-order valence-corrected chi connectivity index (χ2v) is 5.02. The number of carbonyl (C=O) groups is 2. The second kappa shape index (κ2) is 10.9. The molecule has 1 unspecified atom stereocenters. The van der Waals surface area contributed by atoms with Crippen molar-refractivity contribution in [3.05, 3.63) is 0 Å². The molecule has 1 aliphatic rings. The molecular formula is C14H28ClN3O2. The Morgan fingerprint density at radius 3 is 2.55 bits per heavy atom. The number of halogens is 1. The highest BCUT2D eigenvalue weighted by Gasteiger charge is 2.17. The zero-order chi connectivity index (χ0) is 14.1. The van der Waals surface area contributed by atoms with Gasteiger partial charge in [0.1, 0.15) is 0 Å². The van der Waals surface area contributed by atoms with Gasteiger partial charge < -0.3 is 15.5 Å². The van der Waals surface area contributed by atoms with Crippen LogP contribution in [0.15, 0.2) is 0 Å². The summed E-state index contributed by atoms with van der Waals surface area (Å²) in [6, 6.07) is 0.345. The van der Waals surface area contributed by atoms with Crippen molar-refractivity contribution in [3.8, 4) is 0 Å². The lowest BCUT2D eigenvalue weighted by Crippen LogP contribution is -2.33. The third-order valence-electron chi connectivity index (χ3n) is 3.60. The summed E-state index contributed by atoms with van der Waals surface area (Å²) in [5, 5.41) is 6.19. The van der Waals surface area contributed by atoms with E-state index in [9.17, 15) is 9.59 Å². The first-order valence-electron chi connectivity index (χ1n) is 7.45. The molecule has 0 aliphatic carbocycles. The van der Waals surface area contributed by atoms with Crippen molar-refractivity contribution in [2.24, 2.45) is 0 Å². The maximum atomic E-state index is 11.7. The maximum absolute atomic E-state index is 11.7. The van der Waals surface area contributed by atoms with Gasteiger partial charge in [-0.1, -0.05) is 0 Å². The Kier molecular flexibility index (Phi) is 10.5. The van der Waals surface area contributed by atoms with Crippen molar-refractivity contribution in [2.75, 3.05) is 26.2 Å². The van der Waals surface area contributed by atoms with Crippen molar-refractivity contribution in [1.29, 1.82) is 0 Å². The summed E-state index contributed by atoms with van der Waals surface area (Å²) >= 11 is 0. The predicted molar refractivity (Wildman–Crippen MR) is 83.1 cm³/mol. The third-order valence-corrected chi connectivity index (χ3v) is 3.60. The molecular weight excluding hydrogens is 278 g/mol. The molecule has 5 nitrogen and oxygen atoms in total. The number of hydrogen-bond donors (Lipinski definition) is 2. The van der Waals surface area contributed by atoms with Gasteiger partial charge >= 0.3 is 0 Å². The fraction of sp³-hybridized carbons (Fsp3) is 0.857. The van der Waals surface area contributed by atoms with Gasteiger partial charge in [-0.25, -0.2) is 0 Å². The van der Waals surface area contributed by atoms with Crippen LogP contribution in [0.1, 0.15) is 46.0 Å².